The fraction of sp³-hybridized carbons (Fsp3) is 0.562. The summed E-state index contributed by atoms with van der Waals surface area (Å²) in [6.45, 7) is 4.49. The summed E-state index contributed by atoms with van der Waals surface area (Å²) in [4.78, 5) is 37.0. The lowest BCUT2D eigenvalue weighted by Gasteiger charge is -2.15. The number of hydrogen-bond acceptors (Lipinski definition) is 5. The van der Waals surface area contributed by atoms with Gasteiger partial charge in [0.15, 0.2) is 0 Å². The summed E-state index contributed by atoms with van der Waals surface area (Å²) < 4.78 is 10.2. The van der Waals surface area contributed by atoms with Gasteiger partial charge in [0.25, 0.3) is 0 Å². The van der Waals surface area contributed by atoms with Crippen LogP contribution in [0.1, 0.15) is 32.4 Å². The van der Waals surface area contributed by atoms with E-state index in [0.717, 1.165) is 0 Å². The summed E-state index contributed by atoms with van der Waals surface area (Å²) in [7, 11) is 0. The average Bonchev–Trinajstić information content (AvgIpc) is 3.09. The van der Waals surface area contributed by atoms with Crippen LogP contribution in [-0.2, 0) is 25.7 Å². The number of furan rings is 1. The van der Waals surface area contributed by atoms with E-state index in [2.05, 4.69) is 5.32 Å². The van der Waals surface area contributed by atoms with Gasteiger partial charge in [-0.2, -0.15) is 0 Å². The Morgan fingerprint density at radius 3 is 2.91 bits per heavy atom. The lowest BCUT2D eigenvalue weighted by atomic mass is 10.1. The third-order valence-electron chi connectivity index (χ3n) is 3.51. The van der Waals surface area contributed by atoms with E-state index in [1.54, 1.807) is 37.1 Å². The summed E-state index contributed by atoms with van der Waals surface area (Å²) in [6, 6.07) is 3.55. The Bertz CT molecular complexity index is 553. The summed E-state index contributed by atoms with van der Waals surface area (Å²) in [6.07, 6.45) is 1.70. The molecule has 2 amide bonds. The lowest BCUT2D eigenvalue weighted by Crippen LogP contribution is -2.34. The van der Waals surface area contributed by atoms with Gasteiger partial charge in [0.2, 0.25) is 11.8 Å². The molecule has 7 nitrogen and oxygen atoms in total. The molecule has 1 unspecified atom stereocenters. The quantitative estimate of drug-likeness (QED) is 0.759. The molecule has 0 aromatic carbocycles. The molecular formula is C16H22N2O5. The van der Waals surface area contributed by atoms with Crippen molar-refractivity contribution >= 4 is 17.8 Å². The van der Waals surface area contributed by atoms with Gasteiger partial charge in [-0.15, -0.1) is 0 Å². The summed E-state index contributed by atoms with van der Waals surface area (Å²) in [5.74, 6) is -0.324. The van der Waals surface area contributed by atoms with E-state index < -0.39 is 5.92 Å². The summed E-state index contributed by atoms with van der Waals surface area (Å²) in [5, 5.41) is 2.69. The van der Waals surface area contributed by atoms with E-state index in [1.165, 1.54) is 0 Å². The third kappa shape index (κ3) is 5.12. The molecule has 23 heavy (non-hydrogen) atoms. The van der Waals surface area contributed by atoms with Gasteiger partial charge >= 0.3 is 5.97 Å². The van der Waals surface area contributed by atoms with Crippen LogP contribution in [0.4, 0.5) is 0 Å². The Hall–Kier alpha value is -2.31. The lowest BCUT2D eigenvalue weighted by molar-refractivity contribution is -0.147. The van der Waals surface area contributed by atoms with Gasteiger partial charge in [0.05, 0.1) is 31.3 Å². The Labute approximate surface area is 135 Å². The third-order valence-corrected chi connectivity index (χ3v) is 3.51. The van der Waals surface area contributed by atoms with E-state index in [9.17, 15) is 14.4 Å². The highest BCUT2D eigenvalue weighted by Gasteiger charge is 2.34. The summed E-state index contributed by atoms with van der Waals surface area (Å²) in [5.41, 5.74) is 0. The van der Waals surface area contributed by atoms with Gasteiger partial charge in [0, 0.05) is 19.5 Å². The van der Waals surface area contributed by atoms with Crippen LogP contribution in [0.5, 0.6) is 0 Å². The molecular weight excluding hydrogens is 300 g/mol. The number of esters is 1. The van der Waals surface area contributed by atoms with Crippen molar-refractivity contribution in [2.75, 3.05) is 13.1 Å². The molecule has 1 aliphatic heterocycles. The molecule has 2 heterocycles. The van der Waals surface area contributed by atoms with Crippen LogP contribution in [0, 0.1) is 5.92 Å². The molecule has 1 atom stereocenters. The van der Waals surface area contributed by atoms with Crippen molar-refractivity contribution in [1.29, 1.82) is 0 Å². The van der Waals surface area contributed by atoms with Gasteiger partial charge in [-0.3, -0.25) is 14.4 Å². The zero-order chi connectivity index (χ0) is 16.8. The number of nitrogens with zero attached hydrogens (tertiary/aromatic N) is 1. The van der Waals surface area contributed by atoms with Crippen molar-refractivity contribution in [3.63, 3.8) is 0 Å². The number of rotatable bonds is 7. The molecule has 126 valence electrons. The van der Waals surface area contributed by atoms with Crippen LogP contribution in [0.2, 0.25) is 0 Å². The van der Waals surface area contributed by atoms with E-state index >= 15 is 0 Å². The molecule has 1 aromatic heterocycles. The van der Waals surface area contributed by atoms with Crippen LogP contribution in [0.3, 0.4) is 0 Å². The van der Waals surface area contributed by atoms with Crippen LogP contribution < -0.4 is 5.32 Å². The molecule has 1 aromatic rings. The summed E-state index contributed by atoms with van der Waals surface area (Å²) >= 11 is 0. The minimum Gasteiger partial charge on any atom is -0.467 e. The molecule has 7 heteroatoms. The first kappa shape index (κ1) is 17.1. The Balaban J connectivity index is 1.73. The van der Waals surface area contributed by atoms with Crippen LogP contribution >= 0.6 is 0 Å². The predicted octanol–water partition coefficient (Wildman–Crippen LogP) is 1.09. The highest BCUT2D eigenvalue weighted by atomic mass is 16.5. The van der Waals surface area contributed by atoms with Gasteiger partial charge in [-0.05, 0) is 26.0 Å². The van der Waals surface area contributed by atoms with Crippen LogP contribution in [0.25, 0.3) is 0 Å². The molecule has 0 aliphatic carbocycles. The second kappa shape index (κ2) is 7.80. The minimum absolute atomic E-state index is 0.0687. The van der Waals surface area contributed by atoms with Gasteiger partial charge < -0.3 is 19.4 Å². The molecule has 0 bridgehead atoms. The van der Waals surface area contributed by atoms with E-state index in [-0.39, 0.29) is 43.3 Å². The molecule has 0 saturated carbocycles. The maximum atomic E-state index is 12.1. The van der Waals surface area contributed by atoms with Gasteiger partial charge in [-0.1, -0.05) is 0 Å². The number of carbonyl (C=O) groups is 3. The number of ether oxygens (including phenoxy) is 1. The topological polar surface area (TPSA) is 88.8 Å². The smallest absolute Gasteiger partial charge is 0.307 e. The molecule has 1 saturated heterocycles. The van der Waals surface area contributed by atoms with Crippen molar-refractivity contribution in [3.8, 4) is 0 Å². The van der Waals surface area contributed by atoms with Crippen molar-refractivity contribution < 1.29 is 23.5 Å². The van der Waals surface area contributed by atoms with E-state index in [4.69, 9.17) is 9.15 Å². The second-order valence-electron chi connectivity index (χ2n) is 5.83. The number of amides is 2. The first-order valence-electron chi connectivity index (χ1n) is 7.73. The van der Waals surface area contributed by atoms with Crippen molar-refractivity contribution in [2.24, 2.45) is 5.92 Å². The van der Waals surface area contributed by atoms with Crippen molar-refractivity contribution in [3.05, 3.63) is 24.2 Å². The number of carbonyl (C=O) groups excluding carboxylic acids is 3. The Morgan fingerprint density at radius 2 is 2.26 bits per heavy atom. The fourth-order valence-electron chi connectivity index (χ4n) is 2.45. The largest absolute Gasteiger partial charge is 0.467 e. The van der Waals surface area contributed by atoms with Crippen molar-refractivity contribution in [1.82, 2.24) is 10.2 Å². The highest BCUT2D eigenvalue weighted by molar-refractivity contribution is 5.89. The monoisotopic (exact) mass is 322 g/mol. The minimum atomic E-state index is -0.390. The number of nitrogens with one attached hydrogen (secondary N) is 1. The second-order valence-corrected chi connectivity index (χ2v) is 5.83. The molecule has 0 spiro atoms. The van der Waals surface area contributed by atoms with E-state index in [0.29, 0.717) is 18.8 Å². The maximum Gasteiger partial charge on any atom is 0.307 e. The number of hydrogen-bond donors (Lipinski definition) is 1. The van der Waals surface area contributed by atoms with Gasteiger partial charge in [-0.25, -0.2) is 0 Å². The zero-order valence-corrected chi connectivity index (χ0v) is 13.4. The molecule has 1 aliphatic rings. The number of likely N-dealkylation sites (tertiary alicyclic amines) is 1. The predicted molar refractivity (Wildman–Crippen MR) is 81.1 cm³/mol. The first-order chi connectivity index (χ1) is 11.0. The Morgan fingerprint density at radius 1 is 1.48 bits per heavy atom. The SMILES string of the molecule is CC(C)OC(=O)CCNC(=O)C1CC(=O)N(Cc2ccco2)C1. The molecule has 1 fully saturated rings. The average molecular weight is 322 g/mol. The Kier molecular flexibility index (Phi) is 5.78. The first-order valence-corrected chi connectivity index (χ1v) is 7.73. The standard InChI is InChI=1S/C16H22N2O5/c1-11(2)23-15(20)5-6-17-16(21)12-8-14(19)18(9-12)10-13-4-3-7-22-13/h3-4,7,11-12H,5-6,8-10H2,1-2H3,(H,17,21). The van der Waals surface area contributed by atoms with Crippen LogP contribution in [-0.4, -0.2) is 41.9 Å². The van der Waals surface area contributed by atoms with Crippen LogP contribution in [0.15, 0.2) is 22.8 Å². The highest BCUT2D eigenvalue weighted by Crippen LogP contribution is 2.20. The molecule has 1 N–H and O–H groups in total. The molecule has 2 rings (SSSR count). The maximum absolute atomic E-state index is 12.1. The molecule has 0 radical (unpaired) electrons. The normalized spacial score (nSPS) is 17.6. The van der Waals surface area contributed by atoms with E-state index in [1.807, 2.05) is 0 Å². The van der Waals surface area contributed by atoms with Crippen molar-refractivity contribution in [2.45, 2.75) is 39.3 Å². The zero-order valence-electron chi connectivity index (χ0n) is 13.4. The van der Waals surface area contributed by atoms with Gasteiger partial charge in [0.1, 0.15) is 5.76 Å². The fourth-order valence-corrected chi connectivity index (χ4v) is 2.45.